The van der Waals surface area contributed by atoms with Gasteiger partial charge in [-0.2, -0.15) is 0 Å². The number of alkyl carbamates (subject to hydrolysis) is 1. The molecule has 620 valence electrons. The molecule has 0 unspecified atom stereocenters. The third kappa shape index (κ3) is 21.6. The number of hydrogen-bond donors (Lipinski definition) is 5. The van der Waals surface area contributed by atoms with Gasteiger partial charge in [0, 0.05) is 35.1 Å². The van der Waals surface area contributed by atoms with Crippen LogP contribution in [0.1, 0.15) is 51.3 Å². The molecule has 0 bridgehead atoms. The Bertz CT molecular complexity index is 5400. The van der Waals surface area contributed by atoms with Crippen molar-refractivity contribution in [1.82, 2.24) is 26.6 Å². The van der Waals surface area contributed by atoms with Crippen LogP contribution < -0.4 is 64.5 Å². The van der Waals surface area contributed by atoms with Gasteiger partial charge in [0.05, 0.1) is 60.0 Å². The molecule has 5 amide bonds. The van der Waals surface area contributed by atoms with Gasteiger partial charge in [-0.05, 0) is 143 Å². The highest BCUT2D eigenvalue weighted by atomic mass is 16.6. The number of benzene rings is 11. The molecule has 2 heterocycles. The largest absolute Gasteiger partial charge is 0.491 e. The van der Waals surface area contributed by atoms with Crippen molar-refractivity contribution < 1.29 is 95.1 Å². The highest BCUT2D eigenvalue weighted by molar-refractivity contribution is 6.11. The van der Waals surface area contributed by atoms with E-state index < -0.39 is 64.9 Å². The van der Waals surface area contributed by atoms with Crippen LogP contribution in [0.15, 0.2) is 212 Å². The van der Waals surface area contributed by atoms with E-state index in [0.29, 0.717) is 62.7 Å². The first-order valence-corrected chi connectivity index (χ1v) is 39.9. The summed E-state index contributed by atoms with van der Waals surface area (Å²) in [6, 6.07) is 64.0. The van der Waals surface area contributed by atoms with Crippen LogP contribution in [0.4, 0.5) is 4.79 Å². The van der Waals surface area contributed by atoms with Crippen LogP contribution in [0.5, 0.6) is 46.0 Å². The van der Waals surface area contributed by atoms with Crippen molar-refractivity contribution in [3.63, 3.8) is 0 Å². The fourth-order valence-corrected chi connectivity index (χ4v) is 14.4. The molecule has 2 aliphatic rings. The highest BCUT2D eigenvalue weighted by Crippen LogP contribution is 2.48. The predicted molar refractivity (Wildman–Crippen MR) is 451 cm³/mol. The zero-order valence-electron chi connectivity index (χ0n) is 67.5. The molecule has 0 aliphatic carbocycles. The second-order valence-corrected chi connectivity index (χ2v) is 29.3. The van der Waals surface area contributed by atoms with Crippen molar-refractivity contribution in [3.8, 4) is 68.2 Å². The molecule has 0 radical (unpaired) electrons. The van der Waals surface area contributed by atoms with E-state index in [-0.39, 0.29) is 125 Å². The van der Waals surface area contributed by atoms with Crippen LogP contribution >= 0.6 is 0 Å². The summed E-state index contributed by atoms with van der Waals surface area (Å²) in [5, 5.41) is 21.8. The maximum absolute atomic E-state index is 14.9. The van der Waals surface area contributed by atoms with Crippen molar-refractivity contribution in [1.29, 1.82) is 0 Å². The first-order valence-electron chi connectivity index (χ1n) is 39.9. The smallest absolute Gasteiger partial charge is 0.408 e. The Morgan fingerprint density at radius 2 is 0.639 bits per heavy atom. The summed E-state index contributed by atoms with van der Waals surface area (Å²) in [5.74, 6) is 0.0466. The van der Waals surface area contributed by atoms with E-state index in [1.807, 2.05) is 103 Å². The normalized spacial score (nSPS) is 15.8. The Morgan fingerprint density at radius 1 is 0.328 bits per heavy atom. The number of hydrogen-bond acceptors (Lipinski definition) is 20. The van der Waals surface area contributed by atoms with Crippen LogP contribution in [0, 0.1) is 0 Å². The van der Waals surface area contributed by atoms with Crippen LogP contribution in [0.25, 0.3) is 65.3 Å². The molecule has 5 atom stereocenters. The van der Waals surface area contributed by atoms with E-state index in [2.05, 4.69) is 75.1 Å². The first kappa shape index (κ1) is 84.2. The van der Waals surface area contributed by atoms with E-state index in [1.54, 1.807) is 60.7 Å². The minimum absolute atomic E-state index is 0.0702. The fraction of sp³-hybridized carbons (Fsp3) is 0.319. The molecule has 0 aromatic heterocycles. The second-order valence-electron chi connectivity index (χ2n) is 29.3. The number of nitrogens with one attached hydrogen (secondary N) is 5. The maximum atomic E-state index is 14.9. The Labute approximate surface area is 690 Å². The minimum atomic E-state index is -1.83. The average molecular weight is 1620 g/mol. The topological polar surface area (TPSA) is 292 Å². The lowest BCUT2D eigenvalue weighted by atomic mass is 9.90. The Hall–Kier alpha value is -12.7. The van der Waals surface area contributed by atoms with Gasteiger partial charge in [0.1, 0.15) is 112 Å². The van der Waals surface area contributed by atoms with Crippen molar-refractivity contribution in [3.05, 3.63) is 229 Å². The molecule has 2 aliphatic heterocycles. The van der Waals surface area contributed by atoms with Gasteiger partial charge in [-0.1, -0.05) is 164 Å². The Kier molecular flexibility index (Phi) is 28.6. The number of methoxy groups -OCH3 is 1. The van der Waals surface area contributed by atoms with Crippen molar-refractivity contribution >= 4 is 78.8 Å². The molecule has 11 aromatic rings. The lowest BCUT2D eigenvalue weighted by molar-refractivity contribution is -0.145. The van der Waals surface area contributed by atoms with Gasteiger partial charge in [0.15, 0.2) is 23.0 Å². The SMILES string of the molecule is COC(=O)[C@H](C)NC(=O)[C@](C)(Cc1ccc2c(c1)OCCOCCOc1ccc3ccccc3c1-c1c(ccc3ccccc13)OCCOCCO2)NC(=O)[C@H](C)NC(=O)[C@H](C)NC(=O)[C@](C)(Cc1ccc2c(c1)OCCOCCOc1ccc3ccccc3c1-c1c(ccc3ccccc13)OCCOCCO2)NC(=O)OCc1ccccc1. The number of rotatable bonds is 16. The second kappa shape index (κ2) is 40.5. The van der Waals surface area contributed by atoms with Crippen molar-refractivity contribution in [2.75, 3.05) is 113 Å². The van der Waals surface area contributed by atoms with Crippen LogP contribution in [-0.4, -0.2) is 178 Å². The molecule has 0 fully saturated rings. The number of ether oxygens (including phenoxy) is 14. The van der Waals surface area contributed by atoms with Gasteiger partial charge in [-0.15, -0.1) is 0 Å². The lowest BCUT2D eigenvalue weighted by Gasteiger charge is -2.33. The van der Waals surface area contributed by atoms with Gasteiger partial charge in [-0.3, -0.25) is 19.2 Å². The lowest BCUT2D eigenvalue weighted by Crippen LogP contribution is -2.64. The Morgan fingerprint density at radius 3 is 1.01 bits per heavy atom. The molecule has 0 spiro atoms. The molecule has 25 heteroatoms. The Balaban J connectivity index is 0.671. The number of fused-ring (bicyclic) bond motifs is 16. The van der Waals surface area contributed by atoms with Gasteiger partial charge in [0.25, 0.3) is 0 Å². The summed E-state index contributed by atoms with van der Waals surface area (Å²) >= 11 is 0. The van der Waals surface area contributed by atoms with E-state index in [4.69, 9.17) is 66.3 Å². The van der Waals surface area contributed by atoms with E-state index >= 15 is 0 Å². The quantitative estimate of drug-likeness (QED) is 0.0562. The number of esters is 1. The number of carbonyl (C=O) groups is 6. The summed E-state index contributed by atoms with van der Waals surface area (Å²) in [7, 11) is 1.18. The summed E-state index contributed by atoms with van der Waals surface area (Å²) in [6.07, 6.45) is -1.29. The van der Waals surface area contributed by atoms with Crippen LogP contribution in [0.3, 0.4) is 0 Å². The zero-order chi connectivity index (χ0) is 83.1. The van der Waals surface area contributed by atoms with Crippen molar-refractivity contribution in [2.45, 2.75) is 83.3 Å². The zero-order valence-corrected chi connectivity index (χ0v) is 67.5. The molecule has 13 rings (SSSR count). The molecule has 5 N–H and O–H groups in total. The van der Waals surface area contributed by atoms with Gasteiger partial charge < -0.3 is 92.9 Å². The van der Waals surface area contributed by atoms with Gasteiger partial charge >= 0.3 is 12.1 Å². The van der Waals surface area contributed by atoms with Gasteiger partial charge in [0.2, 0.25) is 23.6 Å². The average Bonchev–Trinajstić information content (AvgIpc) is 0.757. The summed E-state index contributed by atoms with van der Waals surface area (Å²) < 4.78 is 86.3. The monoisotopic (exact) mass is 1620 g/mol. The summed E-state index contributed by atoms with van der Waals surface area (Å²) in [4.78, 5) is 85.1. The molecule has 11 aromatic carbocycles. The molecule has 0 saturated heterocycles. The predicted octanol–water partition coefficient (Wildman–Crippen LogP) is 13.2. The van der Waals surface area contributed by atoms with E-state index in [1.165, 1.54) is 41.7 Å². The first-order chi connectivity index (χ1) is 57.9. The molecular formula is C94H99N5O20. The summed E-state index contributed by atoms with van der Waals surface area (Å²) in [5.41, 5.74) is 1.62. The molecule has 25 nitrogen and oxygen atoms in total. The number of carbonyl (C=O) groups excluding carboxylic acids is 6. The van der Waals surface area contributed by atoms with Gasteiger partial charge in [-0.25, -0.2) is 9.59 Å². The molecule has 0 saturated carbocycles. The maximum Gasteiger partial charge on any atom is 0.408 e. The van der Waals surface area contributed by atoms with Crippen molar-refractivity contribution in [2.24, 2.45) is 0 Å². The van der Waals surface area contributed by atoms with Crippen LogP contribution in [-0.2, 0) is 71.8 Å². The standard InChI is InChI=1S/C94H99N5O20/c1-61(96-91(104)94(5,99-92(105)119-60-64-18-8-7-9-19-64)59-66-29-35-76-82(57-66)118-55-47-110-45-53-116-80-39-33-70-23-13-17-27-74(70)86(80)84-72-25-15-11-21-68(72)31-37-78(84)114-51-43-108-41-49-112-76)87(100)95-62(2)88(101)98-93(4,90(103)97-63(3)89(102)106-6)58-65-28-34-75-81(56-65)117-54-46-109-44-52-115-79-38-32-69-22-12-16-26-73(69)85(79)83-71-24-14-10-20-67(71)30-36-77(83)113-50-42-107-40-48-111-75/h7-39,56-57,61-63H,40-55,58-60H2,1-6H3,(H,95,100)(H,96,104)(H,97,103)(H,98,101)(H,99,105)/t61-,62-,63-,93-,94-/m0/s1. The third-order valence-electron chi connectivity index (χ3n) is 20.5. The minimum Gasteiger partial charge on any atom is -0.491 e. The third-order valence-corrected chi connectivity index (χ3v) is 20.5. The summed E-state index contributed by atoms with van der Waals surface area (Å²) in [6.45, 7) is 9.95. The van der Waals surface area contributed by atoms with E-state index in [9.17, 15) is 28.8 Å². The number of amides is 5. The van der Waals surface area contributed by atoms with Crippen LogP contribution in [0.2, 0.25) is 0 Å². The highest BCUT2D eigenvalue weighted by Gasteiger charge is 2.41. The molecular weight excluding hydrogens is 1520 g/mol. The fourth-order valence-electron chi connectivity index (χ4n) is 14.4. The molecule has 119 heavy (non-hydrogen) atoms. The van der Waals surface area contributed by atoms with E-state index in [0.717, 1.165) is 65.3 Å².